The lowest BCUT2D eigenvalue weighted by Crippen LogP contribution is -2.40. The van der Waals surface area contributed by atoms with Crippen molar-refractivity contribution < 1.29 is 0 Å². The maximum atomic E-state index is 6.03. The molecule has 0 heterocycles. The number of nitrogens with two attached hydrogens (primary N) is 1. The number of nitrogens with one attached hydrogen (secondary N) is 1. The third-order valence-corrected chi connectivity index (χ3v) is 2.73. The van der Waals surface area contributed by atoms with E-state index in [1.54, 1.807) is 0 Å². The minimum absolute atomic E-state index is 0.210. The van der Waals surface area contributed by atoms with Gasteiger partial charge in [-0.05, 0) is 27.8 Å². The molecular formula is C12H24N4. The van der Waals surface area contributed by atoms with Gasteiger partial charge in [0, 0.05) is 36.8 Å². The van der Waals surface area contributed by atoms with Crippen molar-refractivity contribution >= 4 is 5.71 Å². The molecule has 0 saturated carbocycles. The monoisotopic (exact) mass is 224 g/mol. The fourth-order valence-electron chi connectivity index (χ4n) is 1.51. The number of nitrogens with zero attached hydrogens (tertiary/aromatic N) is 2. The number of aliphatic imine (C=N–C) groups is 1. The first-order chi connectivity index (χ1) is 7.49. The van der Waals surface area contributed by atoms with Crippen molar-refractivity contribution in [2.24, 2.45) is 10.7 Å². The predicted molar refractivity (Wildman–Crippen MR) is 71.3 cm³/mol. The van der Waals surface area contributed by atoms with Crippen LogP contribution in [0, 0.1) is 0 Å². The van der Waals surface area contributed by atoms with Crippen molar-refractivity contribution in [2.75, 3.05) is 20.6 Å². The minimum atomic E-state index is -0.210. The Kier molecular flexibility index (Phi) is 6.69. The average molecular weight is 224 g/mol. The van der Waals surface area contributed by atoms with E-state index in [1.165, 1.54) is 6.20 Å². The molecule has 0 aliphatic rings. The fraction of sp³-hybridized carbons (Fsp3) is 0.583. The van der Waals surface area contributed by atoms with E-state index >= 15 is 0 Å². The third-order valence-electron chi connectivity index (χ3n) is 2.73. The van der Waals surface area contributed by atoms with Crippen molar-refractivity contribution in [3.05, 3.63) is 24.0 Å². The number of allylic oxidation sites excluding steroid dienone is 1. The molecule has 1 atom stereocenters. The van der Waals surface area contributed by atoms with Crippen LogP contribution in [-0.4, -0.2) is 37.4 Å². The number of likely N-dealkylation sites (N-methyl/N-ethyl adjacent to an activating group) is 1. The van der Waals surface area contributed by atoms with Gasteiger partial charge in [-0.3, -0.25) is 4.99 Å². The van der Waals surface area contributed by atoms with Crippen LogP contribution in [0.2, 0.25) is 0 Å². The van der Waals surface area contributed by atoms with Crippen molar-refractivity contribution in [1.29, 1.82) is 0 Å². The van der Waals surface area contributed by atoms with E-state index in [0.717, 1.165) is 23.5 Å². The standard InChI is InChI=1S/C12H24N4/c1-7-15-9(3)11(12(13)14-5)10(4)16(6)8-2/h7,12,14H,1,8,13H2,2-6H3/b11-10-,15-9-. The van der Waals surface area contributed by atoms with Crippen molar-refractivity contribution in [3.63, 3.8) is 0 Å². The Morgan fingerprint density at radius 2 is 2.12 bits per heavy atom. The van der Waals surface area contributed by atoms with Crippen molar-refractivity contribution in [2.45, 2.75) is 26.9 Å². The van der Waals surface area contributed by atoms with Gasteiger partial charge in [-0.2, -0.15) is 0 Å². The molecule has 92 valence electrons. The highest BCUT2D eigenvalue weighted by Crippen LogP contribution is 2.12. The Morgan fingerprint density at radius 3 is 2.50 bits per heavy atom. The van der Waals surface area contributed by atoms with E-state index in [9.17, 15) is 0 Å². The summed E-state index contributed by atoms with van der Waals surface area (Å²) in [6.07, 6.45) is 1.33. The van der Waals surface area contributed by atoms with Gasteiger partial charge in [0.05, 0.1) is 6.17 Å². The van der Waals surface area contributed by atoms with Gasteiger partial charge >= 0.3 is 0 Å². The summed E-state index contributed by atoms with van der Waals surface area (Å²) in [7, 11) is 3.88. The highest BCUT2D eigenvalue weighted by molar-refractivity contribution is 6.00. The molecule has 0 spiro atoms. The third kappa shape index (κ3) is 3.79. The maximum Gasteiger partial charge on any atom is 0.0842 e. The zero-order chi connectivity index (χ0) is 12.7. The summed E-state index contributed by atoms with van der Waals surface area (Å²) in [6.45, 7) is 10.6. The van der Waals surface area contributed by atoms with Crippen LogP contribution in [0.3, 0.4) is 0 Å². The number of hydrogen-bond donors (Lipinski definition) is 2. The first kappa shape index (κ1) is 14.9. The summed E-state index contributed by atoms with van der Waals surface area (Å²) < 4.78 is 0. The molecule has 4 nitrogen and oxygen atoms in total. The summed E-state index contributed by atoms with van der Waals surface area (Å²) in [5.74, 6) is 0. The molecule has 0 amide bonds. The molecule has 0 radical (unpaired) electrons. The van der Waals surface area contributed by atoms with Crippen LogP contribution < -0.4 is 11.1 Å². The molecule has 0 aliphatic heterocycles. The molecule has 0 aromatic heterocycles. The first-order valence-electron chi connectivity index (χ1n) is 5.49. The molecule has 3 N–H and O–H groups in total. The van der Waals surface area contributed by atoms with E-state index in [0.29, 0.717) is 0 Å². The van der Waals surface area contributed by atoms with Gasteiger partial charge in [-0.1, -0.05) is 6.58 Å². The molecule has 0 fully saturated rings. The largest absolute Gasteiger partial charge is 0.378 e. The molecule has 0 aromatic carbocycles. The predicted octanol–water partition coefficient (Wildman–Crippen LogP) is 1.32. The van der Waals surface area contributed by atoms with E-state index < -0.39 is 0 Å². The minimum Gasteiger partial charge on any atom is -0.378 e. The van der Waals surface area contributed by atoms with Crippen LogP contribution in [-0.2, 0) is 0 Å². The summed E-state index contributed by atoms with van der Waals surface area (Å²) in [5.41, 5.74) is 9.08. The summed E-state index contributed by atoms with van der Waals surface area (Å²) in [6, 6.07) is 0. The Hall–Kier alpha value is -1.13. The molecule has 0 bridgehead atoms. The van der Waals surface area contributed by atoms with E-state index in [-0.39, 0.29) is 6.17 Å². The average Bonchev–Trinajstić information content (AvgIpc) is 2.28. The first-order valence-corrected chi connectivity index (χ1v) is 5.49. The number of rotatable bonds is 6. The van der Waals surface area contributed by atoms with E-state index in [1.807, 2.05) is 21.0 Å². The number of hydrogen-bond acceptors (Lipinski definition) is 4. The van der Waals surface area contributed by atoms with Gasteiger partial charge in [-0.15, -0.1) is 0 Å². The van der Waals surface area contributed by atoms with Crippen LogP contribution in [0.4, 0.5) is 0 Å². The lowest BCUT2D eigenvalue weighted by Gasteiger charge is -2.25. The highest BCUT2D eigenvalue weighted by atomic mass is 15.1. The van der Waals surface area contributed by atoms with E-state index in [2.05, 4.69) is 35.6 Å². The molecule has 0 saturated heterocycles. The van der Waals surface area contributed by atoms with Crippen molar-refractivity contribution in [3.8, 4) is 0 Å². The normalized spacial score (nSPS) is 15.5. The molecule has 1 unspecified atom stereocenters. The van der Waals surface area contributed by atoms with Crippen LogP contribution in [0.25, 0.3) is 0 Å². The Labute approximate surface area is 98.9 Å². The second-order valence-electron chi connectivity index (χ2n) is 3.68. The molecule has 0 rings (SSSR count). The fourth-order valence-corrected chi connectivity index (χ4v) is 1.51. The van der Waals surface area contributed by atoms with Crippen LogP contribution >= 0.6 is 0 Å². The zero-order valence-electron chi connectivity index (χ0n) is 11.0. The van der Waals surface area contributed by atoms with Gasteiger partial charge in [-0.25, -0.2) is 0 Å². The lowest BCUT2D eigenvalue weighted by molar-refractivity contribution is 0.434. The van der Waals surface area contributed by atoms with Gasteiger partial charge < -0.3 is 16.0 Å². The SMILES string of the molecule is C=C/N=C(C)\C(=C(/C)N(C)CC)C(N)NC. The second-order valence-corrected chi connectivity index (χ2v) is 3.68. The van der Waals surface area contributed by atoms with Gasteiger partial charge in [0.25, 0.3) is 0 Å². The topological polar surface area (TPSA) is 53.6 Å². The van der Waals surface area contributed by atoms with Crippen LogP contribution in [0.5, 0.6) is 0 Å². The summed E-state index contributed by atoms with van der Waals surface area (Å²) in [4.78, 5) is 6.36. The quantitative estimate of drug-likeness (QED) is 0.528. The molecule has 16 heavy (non-hydrogen) atoms. The molecule has 0 aliphatic carbocycles. The summed E-state index contributed by atoms with van der Waals surface area (Å²) in [5, 5.41) is 3.04. The van der Waals surface area contributed by atoms with Gasteiger partial charge in [0.1, 0.15) is 0 Å². The zero-order valence-corrected chi connectivity index (χ0v) is 11.0. The smallest absolute Gasteiger partial charge is 0.0842 e. The highest BCUT2D eigenvalue weighted by Gasteiger charge is 2.15. The summed E-state index contributed by atoms with van der Waals surface area (Å²) >= 11 is 0. The van der Waals surface area contributed by atoms with Gasteiger partial charge in [0.2, 0.25) is 0 Å². The lowest BCUT2D eigenvalue weighted by atomic mass is 10.1. The Bertz CT molecular complexity index is 291. The Balaban J connectivity index is 5.38. The second kappa shape index (κ2) is 7.19. The van der Waals surface area contributed by atoms with Gasteiger partial charge in [0.15, 0.2) is 0 Å². The molecular weight excluding hydrogens is 200 g/mol. The van der Waals surface area contributed by atoms with E-state index in [4.69, 9.17) is 5.73 Å². The molecule has 0 aromatic rings. The maximum absolute atomic E-state index is 6.03. The van der Waals surface area contributed by atoms with Crippen LogP contribution in [0.15, 0.2) is 29.0 Å². The van der Waals surface area contributed by atoms with Crippen LogP contribution in [0.1, 0.15) is 20.8 Å². The Morgan fingerprint density at radius 1 is 1.56 bits per heavy atom. The molecule has 4 heteroatoms. The van der Waals surface area contributed by atoms with Crippen molar-refractivity contribution in [1.82, 2.24) is 10.2 Å².